The van der Waals surface area contributed by atoms with Crippen LogP contribution in [-0.4, -0.2) is 49.2 Å². The van der Waals surface area contributed by atoms with E-state index in [2.05, 4.69) is 41.4 Å². The average Bonchev–Trinajstić information content (AvgIpc) is 3.38. The summed E-state index contributed by atoms with van der Waals surface area (Å²) in [5, 5.41) is 3.63. The van der Waals surface area contributed by atoms with E-state index in [9.17, 15) is 4.79 Å². The van der Waals surface area contributed by atoms with Crippen LogP contribution >= 0.6 is 0 Å². The third kappa shape index (κ3) is 2.98. The number of hydrogen-bond acceptors (Lipinski definition) is 3. The molecule has 2 heterocycles. The summed E-state index contributed by atoms with van der Waals surface area (Å²) >= 11 is 0. The summed E-state index contributed by atoms with van der Waals surface area (Å²) in [6.45, 7) is 5.62. The normalized spacial score (nSPS) is 26.8. The maximum atomic E-state index is 12.6. The summed E-state index contributed by atoms with van der Waals surface area (Å²) in [4.78, 5) is 14.7. The van der Waals surface area contributed by atoms with Crippen molar-refractivity contribution in [3.8, 4) is 0 Å². The largest absolute Gasteiger partial charge is 0.381 e. The third-order valence-electron chi connectivity index (χ3n) is 6.08. The smallest absolute Gasteiger partial charge is 0.240 e. The van der Waals surface area contributed by atoms with Crippen molar-refractivity contribution in [3.05, 3.63) is 35.4 Å². The minimum absolute atomic E-state index is 0.00865. The number of likely N-dealkylation sites (tertiary alicyclic amines) is 1. The number of nitrogens with zero attached hydrogens (tertiary/aromatic N) is 1. The van der Waals surface area contributed by atoms with E-state index < -0.39 is 0 Å². The van der Waals surface area contributed by atoms with Crippen molar-refractivity contribution >= 4 is 5.91 Å². The molecule has 4 rings (SSSR count). The molecule has 1 aromatic rings. The number of rotatable bonds is 5. The van der Waals surface area contributed by atoms with E-state index >= 15 is 0 Å². The molecule has 3 aliphatic rings. The Kier molecular flexibility index (Phi) is 4.35. The van der Waals surface area contributed by atoms with Crippen molar-refractivity contribution in [2.75, 3.05) is 26.3 Å². The van der Waals surface area contributed by atoms with E-state index in [4.69, 9.17) is 4.74 Å². The second kappa shape index (κ2) is 6.49. The molecule has 3 fully saturated rings. The van der Waals surface area contributed by atoms with Gasteiger partial charge in [0.1, 0.15) is 0 Å². The zero-order valence-corrected chi connectivity index (χ0v) is 14.6. The number of carbonyl (C=O) groups excluding carboxylic acids is 1. The summed E-state index contributed by atoms with van der Waals surface area (Å²) in [5.41, 5.74) is 2.86. The van der Waals surface area contributed by atoms with Gasteiger partial charge in [-0.2, -0.15) is 0 Å². The van der Waals surface area contributed by atoms with Crippen LogP contribution in [0.3, 0.4) is 0 Å². The number of ether oxygens (including phenoxy) is 1. The van der Waals surface area contributed by atoms with Crippen molar-refractivity contribution in [2.24, 2.45) is 0 Å². The molecule has 0 aromatic heterocycles. The number of carbonyl (C=O) groups is 1. The van der Waals surface area contributed by atoms with E-state index in [-0.39, 0.29) is 11.5 Å². The van der Waals surface area contributed by atoms with Crippen LogP contribution < -0.4 is 5.32 Å². The quantitative estimate of drug-likeness (QED) is 0.902. The van der Waals surface area contributed by atoms with Crippen molar-refractivity contribution in [1.29, 1.82) is 0 Å². The Hall–Kier alpha value is -1.39. The predicted octanol–water partition coefficient (Wildman–Crippen LogP) is 2.40. The van der Waals surface area contributed by atoms with E-state index in [1.165, 1.54) is 24.0 Å². The van der Waals surface area contributed by atoms with Gasteiger partial charge in [0.25, 0.3) is 0 Å². The number of benzene rings is 1. The van der Waals surface area contributed by atoms with Crippen molar-refractivity contribution < 1.29 is 9.53 Å². The summed E-state index contributed by atoms with van der Waals surface area (Å²) in [6, 6.07) is 9.24. The minimum Gasteiger partial charge on any atom is -0.381 e. The Morgan fingerprint density at radius 2 is 1.96 bits per heavy atom. The number of aryl methyl sites for hydroxylation is 1. The first-order valence-corrected chi connectivity index (χ1v) is 9.37. The zero-order chi connectivity index (χ0) is 16.6. The molecular weight excluding hydrogens is 300 g/mol. The van der Waals surface area contributed by atoms with E-state index in [0.29, 0.717) is 11.9 Å². The summed E-state index contributed by atoms with van der Waals surface area (Å²) in [6.07, 6.45) is 5.40. The van der Waals surface area contributed by atoms with Crippen molar-refractivity contribution in [3.63, 3.8) is 0 Å². The molecule has 1 atom stereocenters. The molecule has 0 radical (unpaired) electrons. The monoisotopic (exact) mass is 328 g/mol. The van der Waals surface area contributed by atoms with Crippen LogP contribution in [0.5, 0.6) is 0 Å². The van der Waals surface area contributed by atoms with E-state index in [1.54, 1.807) is 0 Å². The molecule has 1 amide bonds. The molecule has 1 saturated carbocycles. The summed E-state index contributed by atoms with van der Waals surface area (Å²) < 4.78 is 5.63. The number of hydrogen-bond donors (Lipinski definition) is 1. The highest BCUT2D eigenvalue weighted by molar-refractivity contribution is 5.84. The van der Waals surface area contributed by atoms with Gasteiger partial charge in [-0.1, -0.05) is 24.3 Å². The highest BCUT2D eigenvalue weighted by Gasteiger charge is 2.42. The Labute approximate surface area is 144 Å². The van der Waals surface area contributed by atoms with Crippen molar-refractivity contribution in [2.45, 2.75) is 56.5 Å². The van der Waals surface area contributed by atoms with Crippen molar-refractivity contribution in [1.82, 2.24) is 10.2 Å². The van der Waals surface area contributed by atoms with Gasteiger partial charge in [0.15, 0.2) is 0 Å². The first kappa shape index (κ1) is 16.1. The lowest BCUT2D eigenvalue weighted by Crippen LogP contribution is -2.48. The Morgan fingerprint density at radius 3 is 2.67 bits per heavy atom. The second-order valence-electron chi connectivity index (χ2n) is 7.69. The Morgan fingerprint density at radius 1 is 1.21 bits per heavy atom. The topological polar surface area (TPSA) is 41.6 Å². The second-order valence-corrected chi connectivity index (χ2v) is 7.69. The maximum absolute atomic E-state index is 12.6. The van der Waals surface area contributed by atoms with Gasteiger partial charge in [0.2, 0.25) is 5.91 Å². The fourth-order valence-corrected chi connectivity index (χ4v) is 4.43. The molecule has 0 bridgehead atoms. The number of amides is 1. The van der Waals surface area contributed by atoms with Gasteiger partial charge in [-0.3, -0.25) is 4.79 Å². The SMILES string of the molecule is Cc1ccccc1C1(CNC2CCN(C3CC3)C2=O)CCOCC1. The van der Waals surface area contributed by atoms with Crippen LogP contribution in [0.15, 0.2) is 24.3 Å². The molecule has 1 unspecified atom stereocenters. The highest BCUT2D eigenvalue weighted by atomic mass is 16.5. The third-order valence-corrected chi connectivity index (χ3v) is 6.08. The van der Waals surface area contributed by atoms with Gasteiger partial charge in [-0.15, -0.1) is 0 Å². The van der Waals surface area contributed by atoms with E-state index in [1.807, 2.05) is 0 Å². The van der Waals surface area contributed by atoms with Gasteiger partial charge in [-0.25, -0.2) is 0 Å². The van der Waals surface area contributed by atoms with Crippen LogP contribution in [0, 0.1) is 6.92 Å². The molecule has 4 nitrogen and oxygen atoms in total. The molecule has 1 aliphatic carbocycles. The molecular formula is C20H28N2O2. The fourth-order valence-electron chi connectivity index (χ4n) is 4.43. The first-order valence-electron chi connectivity index (χ1n) is 9.37. The van der Waals surface area contributed by atoms with Gasteiger partial charge < -0.3 is 15.0 Å². The fraction of sp³-hybridized carbons (Fsp3) is 0.650. The van der Waals surface area contributed by atoms with Gasteiger partial charge in [0, 0.05) is 37.8 Å². The molecule has 0 spiro atoms. The molecule has 4 heteroatoms. The summed E-state index contributed by atoms with van der Waals surface area (Å²) in [5.74, 6) is 0.324. The van der Waals surface area contributed by atoms with Crippen LogP contribution in [0.1, 0.15) is 43.2 Å². The van der Waals surface area contributed by atoms with Crippen LogP contribution in [0.4, 0.5) is 0 Å². The molecule has 2 saturated heterocycles. The summed E-state index contributed by atoms with van der Waals surface area (Å²) in [7, 11) is 0. The number of nitrogens with one attached hydrogen (secondary N) is 1. The maximum Gasteiger partial charge on any atom is 0.240 e. The minimum atomic E-state index is 0.00865. The standard InChI is InChI=1S/C20H28N2O2/c1-15-4-2-3-5-17(15)20(9-12-24-13-10-20)14-21-18-8-11-22(19(18)23)16-6-7-16/h2-5,16,18,21H,6-14H2,1H3. The van der Waals surface area contributed by atoms with Gasteiger partial charge >= 0.3 is 0 Å². The predicted molar refractivity (Wildman–Crippen MR) is 94.1 cm³/mol. The molecule has 24 heavy (non-hydrogen) atoms. The molecule has 1 N–H and O–H groups in total. The van der Waals surface area contributed by atoms with Crippen LogP contribution in [-0.2, 0) is 14.9 Å². The lowest BCUT2D eigenvalue weighted by Gasteiger charge is -2.39. The highest BCUT2D eigenvalue weighted by Crippen LogP contribution is 2.37. The van der Waals surface area contributed by atoms with Crippen LogP contribution in [0.25, 0.3) is 0 Å². The lowest BCUT2D eigenvalue weighted by atomic mass is 9.72. The molecule has 2 aliphatic heterocycles. The first-order chi connectivity index (χ1) is 11.7. The lowest BCUT2D eigenvalue weighted by molar-refractivity contribution is -0.130. The molecule has 1 aromatic carbocycles. The van der Waals surface area contributed by atoms with Gasteiger partial charge in [-0.05, 0) is 50.2 Å². The van der Waals surface area contributed by atoms with Crippen LogP contribution in [0.2, 0.25) is 0 Å². The average molecular weight is 328 g/mol. The molecule has 130 valence electrons. The Bertz CT molecular complexity index is 605. The Balaban J connectivity index is 1.49. The van der Waals surface area contributed by atoms with Gasteiger partial charge in [0.05, 0.1) is 6.04 Å². The zero-order valence-electron chi connectivity index (χ0n) is 14.6. The van der Waals surface area contributed by atoms with E-state index in [0.717, 1.165) is 45.6 Å².